The second-order valence-electron chi connectivity index (χ2n) is 4.61. The molecule has 0 heterocycles. The molecule has 0 N–H and O–H groups in total. The second kappa shape index (κ2) is 6.50. The average Bonchev–Trinajstić information content (AvgIpc) is 2.39. The van der Waals surface area contributed by atoms with Crippen molar-refractivity contribution in [2.45, 2.75) is 38.2 Å². The Kier molecular flexibility index (Phi) is 4.71. The number of benzene rings is 1. The highest BCUT2D eigenvalue weighted by Gasteiger charge is 2.18. The molecule has 1 aliphatic rings. The predicted octanol–water partition coefficient (Wildman–Crippen LogP) is 3.22. The molecule has 0 unspecified atom stereocenters. The maximum absolute atomic E-state index is 13.2. The molecule has 0 atom stereocenters. The molecule has 1 aromatic carbocycles. The average molecular weight is 270 g/mol. The third kappa shape index (κ3) is 4.19. The lowest BCUT2D eigenvalue weighted by atomic mass is 9.98. The summed E-state index contributed by atoms with van der Waals surface area (Å²) in [5.74, 6) is -2.18. The molecular weight excluding hydrogens is 254 g/mol. The van der Waals surface area contributed by atoms with Crippen LogP contribution >= 0.6 is 0 Å². The van der Waals surface area contributed by atoms with E-state index in [0.717, 1.165) is 37.8 Å². The summed E-state index contributed by atoms with van der Waals surface area (Å²) in [7, 11) is 0. The van der Waals surface area contributed by atoms with E-state index in [1.807, 2.05) is 0 Å². The molecule has 0 spiro atoms. The summed E-state index contributed by atoms with van der Waals surface area (Å²) in [5.41, 5.74) is 0. The lowest BCUT2D eigenvalue weighted by Crippen LogP contribution is -2.24. The molecule has 2 rings (SSSR count). The van der Waals surface area contributed by atoms with E-state index in [0.29, 0.717) is 6.07 Å². The third-order valence-electron chi connectivity index (χ3n) is 3.09. The predicted molar refractivity (Wildman–Crippen MR) is 64.8 cm³/mol. The Hall–Kier alpha value is -1.65. The molecule has 0 aromatic heterocycles. The summed E-state index contributed by atoms with van der Waals surface area (Å²) in [6.07, 6.45) is 4.98. The molecule has 0 saturated heterocycles. The number of ether oxygens (including phenoxy) is 2. The van der Waals surface area contributed by atoms with Gasteiger partial charge < -0.3 is 9.47 Å². The zero-order chi connectivity index (χ0) is 13.7. The Morgan fingerprint density at radius 3 is 2.63 bits per heavy atom. The number of halogens is 2. The standard InChI is InChI=1S/C14H16F2O3/c15-10-6-7-13(12(16)8-10)18-9-14(17)19-11-4-2-1-3-5-11/h6-8,11H,1-5,9H2. The first-order valence-electron chi connectivity index (χ1n) is 6.42. The van der Waals surface area contributed by atoms with Gasteiger partial charge in [-0.1, -0.05) is 6.42 Å². The molecule has 0 aliphatic heterocycles. The Bertz CT molecular complexity index is 442. The van der Waals surface area contributed by atoms with Gasteiger partial charge in [-0.15, -0.1) is 0 Å². The van der Waals surface area contributed by atoms with Crippen molar-refractivity contribution < 1.29 is 23.0 Å². The maximum atomic E-state index is 13.2. The minimum atomic E-state index is -0.828. The first kappa shape index (κ1) is 13.8. The highest BCUT2D eigenvalue weighted by Crippen LogP contribution is 2.21. The van der Waals surface area contributed by atoms with Crippen molar-refractivity contribution in [3.8, 4) is 5.75 Å². The lowest BCUT2D eigenvalue weighted by Gasteiger charge is -2.21. The Balaban J connectivity index is 1.79. The van der Waals surface area contributed by atoms with Crippen LogP contribution in [0.4, 0.5) is 8.78 Å². The first-order chi connectivity index (χ1) is 9.15. The largest absolute Gasteiger partial charge is 0.479 e. The highest BCUT2D eigenvalue weighted by molar-refractivity contribution is 5.71. The topological polar surface area (TPSA) is 35.5 Å². The Labute approximate surface area is 110 Å². The van der Waals surface area contributed by atoms with Gasteiger partial charge in [0.1, 0.15) is 11.9 Å². The molecular formula is C14H16F2O3. The van der Waals surface area contributed by atoms with Crippen LogP contribution < -0.4 is 4.74 Å². The van der Waals surface area contributed by atoms with Crippen molar-refractivity contribution in [1.82, 2.24) is 0 Å². The van der Waals surface area contributed by atoms with Crippen LogP contribution in [-0.4, -0.2) is 18.7 Å². The molecule has 19 heavy (non-hydrogen) atoms. The molecule has 1 saturated carbocycles. The lowest BCUT2D eigenvalue weighted by molar-refractivity contribution is -0.152. The van der Waals surface area contributed by atoms with Gasteiger partial charge in [-0.25, -0.2) is 13.6 Å². The third-order valence-corrected chi connectivity index (χ3v) is 3.09. The summed E-state index contributed by atoms with van der Waals surface area (Å²) in [6, 6.07) is 2.94. The van der Waals surface area contributed by atoms with Gasteiger partial charge in [-0.05, 0) is 37.8 Å². The van der Waals surface area contributed by atoms with E-state index in [2.05, 4.69) is 0 Å². The molecule has 0 radical (unpaired) electrons. The van der Waals surface area contributed by atoms with Crippen LogP contribution in [0, 0.1) is 11.6 Å². The smallest absolute Gasteiger partial charge is 0.344 e. The van der Waals surface area contributed by atoms with Crippen LogP contribution in [0.2, 0.25) is 0 Å². The van der Waals surface area contributed by atoms with Gasteiger partial charge >= 0.3 is 5.97 Å². The Morgan fingerprint density at radius 1 is 1.21 bits per heavy atom. The fraction of sp³-hybridized carbons (Fsp3) is 0.500. The zero-order valence-corrected chi connectivity index (χ0v) is 10.5. The quantitative estimate of drug-likeness (QED) is 0.788. The summed E-state index contributed by atoms with van der Waals surface area (Å²) in [6.45, 7) is -0.362. The number of hydrogen-bond donors (Lipinski definition) is 0. The van der Waals surface area contributed by atoms with Crippen molar-refractivity contribution in [3.05, 3.63) is 29.8 Å². The molecule has 0 bridgehead atoms. The zero-order valence-electron chi connectivity index (χ0n) is 10.5. The fourth-order valence-electron chi connectivity index (χ4n) is 2.13. The van der Waals surface area contributed by atoms with E-state index in [1.165, 1.54) is 6.42 Å². The van der Waals surface area contributed by atoms with E-state index in [9.17, 15) is 13.6 Å². The van der Waals surface area contributed by atoms with Crippen LogP contribution in [-0.2, 0) is 9.53 Å². The van der Waals surface area contributed by atoms with E-state index >= 15 is 0 Å². The second-order valence-corrected chi connectivity index (χ2v) is 4.61. The summed E-state index contributed by atoms with van der Waals surface area (Å²) in [5, 5.41) is 0. The number of hydrogen-bond acceptors (Lipinski definition) is 3. The first-order valence-corrected chi connectivity index (χ1v) is 6.42. The van der Waals surface area contributed by atoms with E-state index < -0.39 is 17.6 Å². The maximum Gasteiger partial charge on any atom is 0.344 e. The van der Waals surface area contributed by atoms with E-state index in [4.69, 9.17) is 9.47 Å². The van der Waals surface area contributed by atoms with Gasteiger partial charge in [0.2, 0.25) is 0 Å². The van der Waals surface area contributed by atoms with Gasteiger partial charge in [-0.2, -0.15) is 0 Å². The number of rotatable bonds is 4. The van der Waals surface area contributed by atoms with Crippen LogP contribution in [0.5, 0.6) is 5.75 Å². The highest BCUT2D eigenvalue weighted by atomic mass is 19.1. The van der Waals surface area contributed by atoms with Crippen LogP contribution in [0.3, 0.4) is 0 Å². The molecule has 1 fully saturated rings. The minimum Gasteiger partial charge on any atom is -0.479 e. The van der Waals surface area contributed by atoms with Gasteiger partial charge in [0, 0.05) is 6.07 Å². The van der Waals surface area contributed by atoms with Gasteiger partial charge in [0.15, 0.2) is 18.2 Å². The van der Waals surface area contributed by atoms with Gasteiger partial charge in [0.25, 0.3) is 0 Å². The van der Waals surface area contributed by atoms with Crippen molar-refractivity contribution >= 4 is 5.97 Å². The normalized spacial score (nSPS) is 16.1. The summed E-state index contributed by atoms with van der Waals surface area (Å²) < 4.78 is 36.1. The van der Waals surface area contributed by atoms with Crippen molar-refractivity contribution in [2.75, 3.05) is 6.61 Å². The number of carbonyl (C=O) groups excluding carboxylic acids is 1. The monoisotopic (exact) mass is 270 g/mol. The Morgan fingerprint density at radius 2 is 1.95 bits per heavy atom. The SMILES string of the molecule is O=C(COc1ccc(F)cc1F)OC1CCCCC1. The molecule has 1 aromatic rings. The molecule has 104 valence electrons. The van der Waals surface area contributed by atoms with E-state index in [-0.39, 0.29) is 18.5 Å². The fourth-order valence-corrected chi connectivity index (χ4v) is 2.13. The van der Waals surface area contributed by atoms with Gasteiger partial charge in [-0.3, -0.25) is 0 Å². The van der Waals surface area contributed by atoms with E-state index in [1.54, 1.807) is 0 Å². The van der Waals surface area contributed by atoms with Gasteiger partial charge in [0.05, 0.1) is 0 Å². The summed E-state index contributed by atoms with van der Waals surface area (Å²) >= 11 is 0. The van der Waals surface area contributed by atoms with Crippen LogP contribution in [0.1, 0.15) is 32.1 Å². The van der Waals surface area contributed by atoms with Crippen LogP contribution in [0.25, 0.3) is 0 Å². The molecule has 1 aliphatic carbocycles. The van der Waals surface area contributed by atoms with Crippen molar-refractivity contribution in [3.63, 3.8) is 0 Å². The number of carbonyl (C=O) groups is 1. The minimum absolute atomic E-state index is 0.0529. The number of esters is 1. The van der Waals surface area contributed by atoms with Crippen molar-refractivity contribution in [2.24, 2.45) is 0 Å². The van der Waals surface area contributed by atoms with Crippen LogP contribution in [0.15, 0.2) is 18.2 Å². The summed E-state index contributed by atoms with van der Waals surface area (Å²) in [4.78, 5) is 11.5. The van der Waals surface area contributed by atoms with Crippen molar-refractivity contribution in [1.29, 1.82) is 0 Å². The molecule has 5 heteroatoms. The molecule has 3 nitrogen and oxygen atoms in total. The molecule has 0 amide bonds.